The van der Waals surface area contributed by atoms with E-state index in [1.807, 2.05) is 0 Å². The van der Waals surface area contributed by atoms with Crippen molar-refractivity contribution in [2.45, 2.75) is 58.1 Å². The van der Waals surface area contributed by atoms with E-state index in [0.717, 1.165) is 12.8 Å². The fraction of sp³-hybridized carbons (Fsp3) is 0.625. The maximum atomic E-state index is 6.33. The first-order chi connectivity index (χ1) is 8.36. The van der Waals surface area contributed by atoms with Crippen molar-refractivity contribution in [1.82, 2.24) is 0 Å². The Morgan fingerprint density at radius 1 is 1.28 bits per heavy atom. The smallest absolute Gasteiger partial charge is 0.143 e. The largest absolute Gasteiger partial charge is 0.381 e. The van der Waals surface area contributed by atoms with Crippen LogP contribution in [0.2, 0.25) is 0 Å². The average Bonchev–Trinajstić information content (AvgIpc) is 2.58. The second kappa shape index (κ2) is 5.09. The molecular weight excluding hydrogens is 219 g/mol. The zero-order chi connectivity index (χ0) is 13.2. The maximum absolute atomic E-state index is 6.33. The summed E-state index contributed by atoms with van der Waals surface area (Å²) < 4.78 is 6.33. The van der Waals surface area contributed by atoms with Crippen molar-refractivity contribution in [2.24, 2.45) is 5.41 Å². The van der Waals surface area contributed by atoms with E-state index in [1.54, 1.807) is 0 Å². The molecule has 1 aromatic rings. The highest BCUT2D eigenvalue weighted by molar-refractivity contribution is 6.14. The Balaban J connectivity index is 1.92. The van der Waals surface area contributed by atoms with Gasteiger partial charge in [-0.05, 0) is 36.7 Å². The van der Waals surface area contributed by atoms with Gasteiger partial charge >= 0.3 is 0 Å². The van der Waals surface area contributed by atoms with Crippen LogP contribution in [0.5, 0.6) is 0 Å². The molecular formula is C16H25BO. The summed E-state index contributed by atoms with van der Waals surface area (Å²) in [6.45, 7) is 6.89. The maximum Gasteiger partial charge on any atom is 0.143 e. The molecule has 2 rings (SSSR count). The topological polar surface area (TPSA) is 9.23 Å². The molecule has 0 amide bonds. The molecule has 1 fully saturated rings. The lowest BCUT2D eigenvalue weighted by Crippen LogP contribution is -2.34. The van der Waals surface area contributed by atoms with Gasteiger partial charge < -0.3 is 4.74 Å². The van der Waals surface area contributed by atoms with E-state index in [-0.39, 0.29) is 5.50 Å². The van der Waals surface area contributed by atoms with Gasteiger partial charge in [-0.2, -0.15) is 0 Å². The van der Waals surface area contributed by atoms with E-state index >= 15 is 0 Å². The van der Waals surface area contributed by atoms with Crippen LogP contribution in [0.15, 0.2) is 30.3 Å². The third kappa shape index (κ3) is 3.88. The molecule has 1 heterocycles. The number of hydrogen-bond acceptors (Lipinski definition) is 1. The summed E-state index contributed by atoms with van der Waals surface area (Å²) in [4.78, 5) is 0. The van der Waals surface area contributed by atoms with Crippen molar-refractivity contribution in [2.75, 3.05) is 0 Å². The van der Waals surface area contributed by atoms with Crippen LogP contribution in [0.1, 0.15) is 45.6 Å². The van der Waals surface area contributed by atoms with Crippen molar-refractivity contribution in [3.63, 3.8) is 0 Å². The third-order valence-electron chi connectivity index (χ3n) is 3.66. The lowest BCUT2D eigenvalue weighted by molar-refractivity contribution is -0.00682. The minimum atomic E-state index is 0.0810. The predicted octanol–water partition coefficient (Wildman–Crippen LogP) is 3.17. The second-order valence-electron chi connectivity index (χ2n) is 7.16. The molecule has 0 spiro atoms. The predicted molar refractivity (Wildman–Crippen MR) is 79.6 cm³/mol. The summed E-state index contributed by atoms with van der Waals surface area (Å²) in [5.41, 5.74) is 1.82. The van der Waals surface area contributed by atoms with Crippen molar-refractivity contribution in [3.05, 3.63) is 35.9 Å². The summed E-state index contributed by atoms with van der Waals surface area (Å²) in [5, 5.41) is 0. The minimum absolute atomic E-state index is 0.0810. The van der Waals surface area contributed by atoms with E-state index in [0.29, 0.717) is 11.5 Å². The zero-order valence-electron chi connectivity index (χ0n) is 12.2. The van der Waals surface area contributed by atoms with Crippen LogP contribution in [0.3, 0.4) is 0 Å². The minimum Gasteiger partial charge on any atom is -0.381 e. The normalized spacial score (nSPS) is 28.5. The quantitative estimate of drug-likeness (QED) is 0.742. The van der Waals surface area contributed by atoms with Crippen LogP contribution in [0.25, 0.3) is 0 Å². The number of ether oxygens (including phenoxy) is 1. The monoisotopic (exact) mass is 244 g/mol. The first-order valence-corrected chi connectivity index (χ1v) is 7.08. The Hall–Kier alpha value is -0.755. The molecule has 0 saturated carbocycles. The molecule has 98 valence electrons. The highest BCUT2D eigenvalue weighted by atomic mass is 16.5. The molecule has 1 aromatic carbocycles. The molecule has 18 heavy (non-hydrogen) atoms. The van der Waals surface area contributed by atoms with Crippen LogP contribution in [-0.4, -0.2) is 19.5 Å². The van der Waals surface area contributed by atoms with E-state index in [4.69, 9.17) is 4.74 Å². The van der Waals surface area contributed by atoms with Gasteiger partial charge in [0.15, 0.2) is 0 Å². The summed E-state index contributed by atoms with van der Waals surface area (Å²) in [5.74, 6) is 0. The highest BCUT2D eigenvalue weighted by Gasteiger charge is 2.38. The molecule has 0 N–H and O–H groups in total. The number of benzene rings is 1. The van der Waals surface area contributed by atoms with Crippen LogP contribution >= 0.6 is 0 Å². The molecule has 2 atom stereocenters. The van der Waals surface area contributed by atoms with Crippen molar-refractivity contribution in [3.8, 4) is 0 Å². The van der Waals surface area contributed by atoms with Crippen LogP contribution < -0.4 is 0 Å². The Kier molecular flexibility index (Phi) is 3.86. The van der Waals surface area contributed by atoms with Gasteiger partial charge in [-0.15, -0.1) is 0 Å². The fourth-order valence-corrected chi connectivity index (χ4v) is 3.26. The van der Waals surface area contributed by atoms with E-state index in [2.05, 4.69) is 58.9 Å². The number of hydrogen-bond donors (Lipinski definition) is 0. The van der Waals surface area contributed by atoms with Gasteiger partial charge in [-0.25, -0.2) is 0 Å². The van der Waals surface area contributed by atoms with Gasteiger partial charge in [-0.3, -0.25) is 0 Å². The van der Waals surface area contributed by atoms with E-state index < -0.39 is 0 Å². The van der Waals surface area contributed by atoms with Gasteiger partial charge in [0.05, 0.1) is 6.10 Å². The van der Waals surface area contributed by atoms with Gasteiger partial charge in [0, 0.05) is 5.50 Å². The van der Waals surface area contributed by atoms with Crippen molar-refractivity contribution >= 4 is 7.85 Å². The Bertz CT molecular complexity index is 382. The Morgan fingerprint density at radius 2 is 1.94 bits per heavy atom. The van der Waals surface area contributed by atoms with E-state index in [9.17, 15) is 0 Å². The third-order valence-corrected chi connectivity index (χ3v) is 3.66. The molecule has 0 radical (unpaired) electrons. The first-order valence-electron chi connectivity index (χ1n) is 7.08. The van der Waals surface area contributed by atoms with Crippen LogP contribution in [-0.2, 0) is 11.2 Å². The van der Waals surface area contributed by atoms with Gasteiger partial charge in [0.1, 0.15) is 7.85 Å². The average molecular weight is 244 g/mol. The molecule has 1 unspecified atom stereocenters. The first kappa shape index (κ1) is 13.7. The van der Waals surface area contributed by atoms with Gasteiger partial charge in [-0.1, -0.05) is 51.1 Å². The fourth-order valence-electron chi connectivity index (χ4n) is 3.26. The Morgan fingerprint density at radius 3 is 2.56 bits per heavy atom. The summed E-state index contributed by atoms with van der Waals surface area (Å²) in [6.07, 6.45) is 4.99. The Labute approximate surface area is 112 Å². The summed E-state index contributed by atoms with van der Waals surface area (Å²) >= 11 is 0. The van der Waals surface area contributed by atoms with Gasteiger partial charge in [0.25, 0.3) is 0 Å². The molecule has 2 heteroatoms. The zero-order valence-corrected chi connectivity index (χ0v) is 12.2. The van der Waals surface area contributed by atoms with Crippen molar-refractivity contribution in [1.29, 1.82) is 0 Å². The lowest BCUT2D eigenvalue weighted by Gasteiger charge is -2.32. The molecule has 0 bridgehead atoms. The molecule has 0 aliphatic carbocycles. The highest BCUT2D eigenvalue weighted by Crippen LogP contribution is 2.38. The molecule has 1 aliphatic rings. The summed E-state index contributed by atoms with van der Waals surface area (Å²) in [6, 6.07) is 10.7. The lowest BCUT2D eigenvalue weighted by atomic mass is 9.69. The van der Waals surface area contributed by atoms with Crippen LogP contribution in [0, 0.1) is 5.41 Å². The van der Waals surface area contributed by atoms with Gasteiger partial charge in [0.2, 0.25) is 0 Å². The molecule has 1 saturated heterocycles. The van der Waals surface area contributed by atoms with E-state index in [1.165, 1.54) is 18.4 Å². The molecule has 1 aliphatic heterocycles. The number of rotatable bonds is 3. The SMILES string of the molecule is B[C@@]1(CC(C)(C)C)CCC(Cc2ccccc2)O1. The van der Waals surface area contributed by atoms with Crippen LogP contribution in [0.4, 0.5) is 0 Å². The molecule has 0 aromatic heterocycles. The van der Waals surface area contributed by atoms with Crippen molar-refractivity contribution < 1.29 is 4.74 Å². The standard InChI is InChI=1S/C16H25BO/c1-15(2,3)12-16(17)10-9-14(18-16)11-13-7-5-4-6-8-13/h4-8,14H,9-12,17H2,1-3H3/t14?,16-/m0/s1. The second-order valence-corrected chi connectivity index (χ2v) is 7.16. The molecule has 1 nitrogen and oxygen atoms in total. The summed E-state index contributed by atoms with van der Waals surface area (Å²) in [7, 11) is 2.28.